The summed E-state index contributed by atoms with van der Waals surface area (Å²) >= 11 is 4.27. The third-order valence-electron chi connectivity index (χ3n) is 3.15. The second kappa shape index (κ2) is 6.01. The number of methoxy groups -OCH3 is 1. The summed E-state index contributed by atoms with van der Waals surface area (Å²) in [7, 11) is 1.62. The van der Waals surface area contributed by atoms with Gasteiger partial charge in [-0.1, -0.05) is 6.07 Å². The van der Waals surface area contributed by atoms with Crippen molar-refractivity contribution >= 4 is 24.2 Å². The fourth-order valence-electron chi connectivity index (χ4n) is 1.95. The molecule has 0 aliphatic carbocycles. The van der Waals surface area contributed by atoms with E-state index in [-0.39, 0.29) is 5.91 Å². The Balaban J connectivity index is 2.25. The molecule has 0 saturated carbocycles. The summed E-state index contributed by atoms with van der Waals surface area (Å²) in [5, 5.41) is 2.92. The zero-order valence-electron chi connectivity index (χ0n) is 11.7. The molecule has 2 aromatic rings. The van der Waals surface area contributed by atoms with Crippen molar-refractivity contribution in [3.63, 3.8) is 0 Å². The van der Waals surface area contributed by atoms with Gasteiger partial charge >= 0.3 is 0 Å². The standard InChI is InChI=1S/C16H17NO2S/c1-10-4-6-13(20)9-14(10)16(18)17-15-7-5-12(19-3)8-11(15)2/h4-9,20H,1-3H3,(H,17,18). The number of anilines is 1. The van der Waals surface area contributed by atoms with E-state index in [9.17, 15) is 4.79 Å². The normalized spacial score (nSPS) is 10.2. The summed E-state index contributed by atoms with van der Waals surface area (Å²) in [6, 6.07) is 11.1. The fraction of sp³-hybridized carbons (Fsp3) is 0.188. The second-order valence-corrected chi connectivity index (χ2v) is 5.15. The van der Waals surface area contributed by atoms with Crippen LogP contribution in [0.25, 0.3) is 0 Å². The third-order valence-corrected chi connectivity index (χ3v) is 3.43. The van der Waals surface area contributed by atoms with E-state index in [2.05, 4.69) is 17.9 Å². The molecule has 4 heteroatoms. The highest BCUT2D eigenvalue weighted by atomic mass is 32.1. The van der Waals surface area contributed by atoms with Crippen LogP contribution in [0.2, 0.25) is 0 Å². The fourth-order valence-corrected chi connectivity index (χ4v) is 2.15. The molecule has 20 heavy (non-hydrogen) atoms. The summed E-state index contributed by atoms with van der Waals surface area (Å²) in [4.78, 5) is 13.1. The highest BCUT2D eigenvalue weighted by molar-refractivity contribution is 7.80. The number of nitrogens with one attached hydrogen (secondary N) is 1. The average molecular weight is 287 g/mol. The molecule has 0 aromatic heterocycles. The molecule has 1 amide bonds. The number of carbonyl (C=O) groups excluding carboxylic acids is 1. The Labute approximate surface area is 124 Å². The number of aryl methyl sites for hydroxylation is 2. The zero-order valence-corrected chi connectivity index (χ0v) is 12.6. The van der Waals surface area contributed by atoms with Crippen LogP contribution >= 0.6 is 12.6 Å². The van der Waals surface area contributed by atoms with Gasteiger partial charge in [-0.3, -0.25) is 4.79 Å². The minimum absolute atomic E-state index is 0.133. The molecule has 0 spiro atoms. The number of amides is 1. The van der Waals surface area contributed by atoms with Gasteiger partial charge in [0.05, 0.1) is 7.11 Å². The van der Waals surface area contributed by atoms with E-state index in [1.165, 1.54) is 0 Å². The van der Waals surface area contributed by atoms with Crippen LogP contribution in [-0.4, -0.2) is 13.0 Å². The van der Waals surface area contributed by atoms with Crippen molar-refractivity contribution in [1.29, 1.82) is 0 Å². The monoisotopic (exact) mass is 287 g/mol. The predicted molar refractivity (Wildman–Crippen MR) is 84.1 cm³/mol. The molecule has 1 N–H and O–H groups in total. The first-order chi connectivity index (χ1) is 9.51. The van der Waals surface area contributed by atoms with Crippen LogP contribution in [0, 0.1) is 13.8 Å². The largest absolute Gasteiger partial charge is 0.497 e. The number of ether oxygens (including phenoxy) is 1. The second-order valence-electron chi connectivity index (χ2n) is 4.63. The summed E-state index contributed by atoms with van der Waals surface area (Å²) in [6.45, 7) is 3.84. The van der Waals surface area contributed by atoms with Gasteiger partial charge in [-0.25, -0.2) is 0 Å². The van der Waals surface area contributed by atoms with E-state index in [1.54, 1.807) is 13.2 Å². The van der Waals surface area contributed by atoms with Crippen LogP contribution in [0.3, 0.4) is 0 Å². The number of rotatable bonds is 3. The minimum atomic E-state index is -0.133. The predicted octanol–water partition coefficient (Wildman–Crippen LogP) is 3.85. The SMILES string of the molecule is COc1ccc(NC(=O)c2cc(S)ccc2C)c(C)c1. The van der Waals surface area contributed by atoms with Gasteiger partial charge in [-0.15, -0.1) is 12.6 Å². The third kappa shape index (κ3) is 3.14. The molecular formula is C16H17NO2S. The number of benzene rings is 2. The first-order valence-electron chi connectivity index (χ1n) is 6.27. The van der Waals surface area contributed by atoms with Crippen LogP contribution in [0.15, 0.2) is 41.3 Å². The van der Waals surface area contributed by atoms with Gasteiger partial charge in [0, 0.05) is 16.1 Å². The van der Waals surface area contributed by atoms with Crippen LogP contribution in [0.4, 0.5) is 5.69 Å². The Hall–Kier alpha value is -1.94. The van der Waals surface area contributed by atoms with Crippen molar-refractivity contribution in [3.05, 3.63) is 53.1 Å². The van der Waals surface area contributed by atoms with Gasteiger partial charge in [0.25, 0.3) is 5.91 Å². The van der Waals surface area contributed by atoms with Gasteiger partial charge in [-0.2, -0.15) is 0 Å². The maximum absolute atomic E-state index is 12.3. The van der Waals surface area contributed by atoms with Gasteiger partial charge in [0.1, 0.15) is 5.75 Å². The summed E-state index contributed by atoms with van der Waals surface area (Å²) in [5.41, 5.74) is 3.29. The van der Waals surface area contributed by atoms with Crippen LogP contribution in [0.1, 0.15) is 21.5 Å². The number of hydrogen-bond acceptors (Lipinski definition) is 3. The molecule has 0 fully saturated rings. The number of carbonyl (C=O) groups is 1. The van der Waals surface area contributed by atoms with Crippen molar-refractivity contribution in [1.82, 2.24) is 0 Å². The quantitative estimate of drug-likeness (QED) is 0.841. The molecular weight excluding hydrogens is 270 g/mol. The molecule has 2 rings (SSSR count). The Bertz CT molecular complexity index is 653. The highest BCUT2D eigenvalue weighted by Gasteiger charge is 2.11. The maximum Gasteiger partial charge on any atom is 0.255 e. The molecule has 0 atom stereocenters. The van der Waals surface area contributed by atoms with Crippen molar-refractivity contribution < 1.29 is 9.53 Å². The topological polar surface area (TPSA) is 38.3 Å². The smallest absolute Gasteiger partial charge is 0.255 e. The lowest BCUT2D eigenvalue weighted by Gasteiger charge is -2.11. The van der Waals surface area contributed by atoms with E-state index in [1.807, 2.05) is 44.2 Å². The van der Waals surface area contributed by atoms with Crippen molar-refractivity contribution in [3.8, 4) is 5.75 Å². The molecule has 104 valence electrons. The Kier molecular flexibility index (Phi) is 4.35. The molecule has 0 bridgehead atoms. The van der Waals surface area contributed by atoms with Crippen LogP contribution in [0.5, 0.6) is 5.75 Å². The number of thiol groups is 1. The average Bonchev–Trinajstić information content (AvgIpc) is 2.43. The lowest BCUT2D eigenvalue weighted by atomic mass is 10.1. The zero-order chi connectivity index (χ0) is 14.7. The molecule has 0 aliphatic heterocycles. The van der Waals surface area contributed by atoms with E-state index in [0.29, 0.717) is 5.56 Å². The molecule has 0 radical (unpaired) electrons. The van der Waals surface area contributed by atoms with Crippen molar-refractivity contribution in [2.45, 2.75) is 18.7 Å². The van der Waals surface area contributed by atoms with E-state index in [4.69, 9.17) is 4.74 Å². The summed E-state index contributed by atoms with van der Waals surface area (Å²) < 4.78 is 5.15. The lowest BCUT2D eigenvalue weighted by molar-refractivity contribution is 0.102. The Morgan fingerprint density at radius 1 is 1.10 bits per heavy atom. The van der Waals surface area contributed by atoms with Gasteiger partial charge in [0.15, 0.2) is 0 Å². The van der Waals surface area contributed by atoms with Gasteiger partial charge < -0.3 is 10.1 Å². The molecule has 0 unspecified atom stereocenters. The lowest BCUT2D eigenvalue weighted by Crippen LogP contribution is -2.14. The van der Waals surface area contributed by atoms with Crippen molar-refractivity contribution in [2.24, 2.45) is 0 Å². The molecule has 0 heterocycles. The van der Waals surface area contributed by atoms with Crippen LogP contribution < -0.4 is 10.1 Å². The van der Waals surface area contributed by atoms with Gasteiger partial charge in [-0.05, 0) is 55.3 Å². The summed E-state index contributed by atoms with van der Waals surface area (Å²) in [5.74, 6) is 0.640. The molecule has 0 aliphatic rings. The van der Waals surface area contributed by atoms with Crippen molar-refractivity contribution in [2.75, 3.05) is 12.4 Å². The first-order valence-corrected chi connectivity index (χ1v) is 6.71. The highest BCUT2D eigenvalue weighted by Crippen LogP contribution is 2.22. The van der Waals surface area contributed by atoms with E-state index in [0.717, 1.165) is 27.5 Å². The first kappa shape index (κ1) is 14.5. The summed E-state index contributed by atoms with van der Waals surface area (Å²) in [6.07, 6.45) is 0. The Morgan fingerprint density at radius 2 is 1.85 bits per heavy atom. The minimum Gasteiger partial charge on any atom is -0.497 e. The molecule has 0 saturated heterocycles. The maximum atomic E-state index is 12.3. The van der Waals surface area contributed by atoms with E-state index >= 15 is 0 Å². The Morgan fingerprint density at radius 3 is 2.50 bits per heavy atom. The van der Waals surface area contributed by atoms with Crippen LogP contribution in [-0.2, 0) is 0 Å². The number of hydrogen-bond donors (Lipinski definition) is 2. The molecule has 3 nitrogen and oxygen atoms in total. The molecule has 2 aromatic carbocycles. The van der Waals surface area contributed by atoms with Gasteiger partial charge in [0.2, 0.25) is 0 Å². The van der Waals surface area contributed by atoms with E-state index < -0.39 is 0 Å².